The van der Waals surface area contributed by atoms with E-state index in [1.807, 2.05) is 0 Å². The summed E-state index contributed by atoms with van der Waals surface area (Å²) in [6.07, 6.45) is 0. The summed E-state index contributed by atoms with van der Waals surface area (Å²) in [6.45, 7) is 0. The normalized spacial score (nSPS) is 11.8. The summed E-state index contributed by atoms with van der Waals surface area (Å²) in [5, 5.41) is 4.81. The molecule has 0 atom stereocenters. The van der Waals surface area contributed by atoms with Gasteiger partial charge in [0.15, 0.2) is 0 Å². The minimum atomic E-state index is -3.65. The second-order valence-electron chi connectivity index (χ2n) is 1.84. The second-order valence-corrected chi connectivity index (χ2v) is 5.28. The average Bonchev–Trinajstić information content (AvgIpc) is 2.11. The smallest absolute Gasteiger partial charge is 0.247 e. The van der Waals surface area contributed by atoms with Crippen molar-refractivity contribution in [3.05, 3.63) is 10.4 Å². The highest BCUT2D eigenvalue weighted by Gasteiger charge is 2.13. The van der Waals surface area contributed by atoms with E-state index in [-0.39, 0.29) is 14.2 Å². The third-order valence-electron chi connectivity index (χ3n) is 0.971. The lowest BCUT2D eigenvalue weighted by Gasteiger charge is -1.86. The van der Waals surface area contributed by atoms with Gasteiger partial charge in [-0.05, 0) is 6.07 Å². The van der Waals surface area contributed by atoms with E-state index >= 15 is 0 Å². The minimum Gasteiger partial charge on any atom is -0.397 e. The molecule has 11 heavy (non-hydrogen) atoms. The summed E-state index contributed by atoms with van der Waals surface area (Å²) in [7, 11) is -3.65. The van der Waals surface area contributed by atoms with Crippen LogP contribution in [0.1, 0.15) is 0 Å². The van der Waals surface area contributed by atoms with Gasteiger partial charge in [0.05, 0.1) is 5.69 Å². The van der Waals surface area contributed by atoms with Crippen molar-refractivity contribution in [2.24, 2.45) is 5.14 Å². The van der Waals surface area contributed by atoms with E-state index in [1.54, 1.807) is 0 Å². The monoisotopic (exact) mass is 212 g/mol. The van der Waals surface area contributed by atoms with E-state index in [9.17, 15) is 8.42 Å². The van der Waals surface area contributed by atoms with Crippen LogP contribution in [0.25, 0.3) is 0 Å². The van der Waals surface area contributed by atoms with Crippen molar-refractivity contribution in [1.82, 2.24) is 0 Å². The maximum absolute atomic E-state index is 10.7. The van der Waals surface area contributed by atoms with E-state index < -0.39 is 10.0 Å². The molecule has 7 heteroatoms. The van der Waals surface area contributed by atoms with Gasteiger partial charge in [0, 0.05) is 0 Å². The molecule has 62 valence electrons. The van der Waals surface area contributed by atoms with Gasteiger partial charge in [-0.2, -0.15) is 0 Å². The van der Waals surface area contributed by atoms with E-state index in [0.717, 1.165) is 11.3 Å². The number of hydrogen-bond donors (Lipinski definition) is 2. The lowest BCUT2D eigenvalue weighted by molar-refractivity contribution is 0.600. The van der Waals surface area contributed by atoms with Crippen LogP contribution in [0, 0.1) is 0 Å². The number of primary sulfonamides is 1. The van der Waals surface area contributed by atoms with Crippen molar-refractivity contribution in [2.45, 2.75) is 4.21 Å². The van der Waals surface area contributed by atoms with Gasteiger partial charge >= 0.3 is 0 Å². The van der Waals surface area contributed by atoms with Crippen molar-refractivity contribution in [2.75, 3.05) is 5.73 Å². The summed E-state index contributed by atoms with van der Waals surface area (Å²) < 4.78 is 21.6. The number of anilines is 1. The molecule has 1 heterocycles. The summed E-state index contributed by atoms with van der Waals surface area (Å²) in [5.41, 5.74) is 5.53. The van der Waals surface area contributed by atoms with Gasteiger partial charge < -0.3 is 5.73 Å². The van der Waals surface area contributed by atoms with Gasteiger partial charge in [-0.15, -0.1) is 11.3 Å². The molecule has 0 saturated carbocycles. The molecule has 1 aromatic heterocycles. The third kappa shape index (κ3) is 1.84. The van der Waals surface area contributed by atoms with Crippen LogP contribution in [0.5, 0.6) is 0 Å². The highest BCUT2D eigenvalue weighted by molar-refractivity contribution is 7.91. The molecule has 0 saturated heterocycles. The standard InChI is InChI=1S/C4H5ClN2O2S2/c5-4-2(6)1-3(10-4)11(7,8)9/h1H,6H2,(H2,7,8,9). The fourth-order valence-electron chi connectivity index (χ4n) is 0.501. The summed E-state index contributed by atoms with van der Waals surface area (Å²) in [6, 6.07) is 1.24. The molecule has 0 bridgehead atoms. The predicted molar refractivity (Wildman–Crippen MR) is 45.1 cm³/mol. The van der Waals surface area contributed by atoms with Crippen LogP contribution in [0.3, 0.4) is 0 Å². The van der Waals surface area contributed by atoms with Crippen LogP contribution in [0.2, 0.25) is 4.34 Å². The lowest BCUT2D eigenvalue weighted by atomic mass is 10.6. The Balaban J connectivity index is 3.29. The van der Waals surface area contributed by atoms with Gasteiger partial charge in [-0.3, -0.25) is 0 Å². The molecule has 0 aliphatic carbocycles. The molecule has 0 amide bonds. The Morgan fingerprint density at radius 1 is 1.55 bits per heavy atom. The van der Waals surface area contributed by atoms with Crippen molar-refractivity contribution in [1.29, 1.82) is 0 Å². The lowest BCUT2D eigenvalue weighted by Crippen LogP contribution is -2.09. The summed E-state index contributed by atoms with van der Waals surface area (Å²) >= 11 is 6.36. The van der Waals surface area contributed by atoms with Crippen LogP contribution in [0.4, 0.5) is 5.69 Å². The molecular formula is C4H5ClN2O2S2. The molecule has 4 N–H and O–H groups in total. The molecule has 0 unspecified atom stereocenters. The maximum atomic E-state index is 10.7. The number of rotatable bonds is 1. The summed E-state index contributed by atoms with van der Waals surface area (Å²) in [5.74, 6) is 0. The van der Waals surface area contributed by atoms with E-state index in [4.69, 9.17) is 22.5 Å². The van der Waals surface area contributed by atoms with Gasteiger partial charge in [-0.1, -0.05) is 11.6 Å². The van der Waals surface area contributed by atoms with E-state index in [0.29, 0.717) is 0 Å². The van der Waals surface area contributed by atoms with Gasteiger partial charge in [0.2, 0.25) is 10.0 Å². The van der Waals surface area contributed by atoms with E-state index in [1.165, 1.54) is 6.07 Å². The number of nitrogen functional groups attached to an aromatic ring is 1. The molecule has 4 nitrogen and oxygen atoms in total. The van der Waals surface area contributed by atoms with Gasteiger partial charge in [0.25, 0.3) is 0 Å². The largest absolute Gasteiger partial charge is 0.397 e. The Labute approximate surface area is 72.8 Å². The highest BCUT2D eigenvalue weighted by Crippen LogP contribution is 2.31. The Bertz CT molecular complexity index is 350. The Hall–Kier alpha value is -0.300. The molecular weight excluding hydrogens is 208 g/mol. The minimum absolute atomic E-state index is 0.0139. The van der Waals surface area contributed by atoms with Gasteiger partial charge in [0.1, 0.15) is 8.55 Å². The summed E-state index contributed by atoms with van der Waals surface area (Å²) in [4.78, 5) is 0. The van der Waals surface area contributed by atoms with Crippen LogP contribution in [0.15, 0.2) is 10.3 Å². The molecule has 0 aliphatic heterocycles. The molecule has 0 fully saturated rings. The van der Waals surface area contributed by atoms with Gasteiger partial charge in [-0.25, -0.2) is 13.6 Å². The zero-order chi connectivity index (χ0) is 8.65. The Kier molecular flexibility index (Phi) is 2.10. The fourth-order valence-corrected chi connectivity index (χ4v) is 2.49. The topological polar surface area (TPSA) is 86.2 Å². The van der Waals surface area contributed by atoms with Crippen molar-refractivity contribution in [3.8, 4) is 0 Å². The second kappa shape index (κ2) is 2.63. The number of nitrogens with two attached hydrogens (primary N) is 2. The molecule has 1 rings (SSSR count). The number of halogens is 1. The zero-order valence-electron chi connectivity index (χ0n) is 5.24. The predicted octanol–water partition coefficient (Wildman–Crippen LogP) is 0.631. The zero-order valence-corrected chi connectivity index (χ0v) is 7.63. The molecule has 1 aromatic rings. The molecule has 0 spiro atoms. The highest BCUT2D eigenvalue weighted by atomic mass is 35.5. The Morgan fingerprint density at radius 3 is 2.27 bits per heavy atom. The van der Waals surface area contributed by atoms with Crippen LogP contribution in [-0.4, -0.2) is 8.42 Å². The number of thiophene rings is 1. The molecule has 0 radical (unpaired) electrons. The first-order chi connectivity index (χ1) is 4.91. The van der Waals surface area contributed by atoms with Crippen LogP contribution >= 0.6 is 22.9 Å². The SMILES string of the molecule is Nc1cc(S(N)(=O)=O)sc1Cl. The quantitative estimate of drug-likeness (QED) is 0.716. The first-order valence-electron chi connectivity index (χ1n) is 2.49. The maximum Gasteiger partial charge on any atom is 0.247 e. The average molecular weight is 213 g/mol. The van der Waals surface area contributed by atoms with Crippen molar-refractivity contribution < 1.29 is 8.42 Å². The number of hydrogen-bond acceptors (Lipinski definition) is 4. The third-order valence-corrected chi connectivity index (χ3v) is 3.78. The fraction of sp³-hybridized carbons (Fsp3) is 0. The van der Waals surface area contributed by atoms with Crippen LogP contribution < -0.4 is 10.9 Å². The number of sulfonamides is 1. The van der Waals surface area contributed by atoms with Crippen LogP contribution in [-0.2, 0) is 10.0 Å². The van der Waals surface area contributed by atoms with Crippen molar-refractivity contribution >= 4 is 38.6 Å². The first kappa shape index (κ1) is 8.79. The first-order valence-corrected chi connectivity index (χ1v) is 5.23. The van der Waals surface area contributed by atoms with E-state index in [2.05, 4.69) is 0 Å². The Morgan fingerprint density at radius 2 is 2.09 bits per heavy atom. The molecule has 0 aromatic carbocycles. The van der Waals surface area contributed by atoms with Crippen molar-refractivity contribution in [3.63, 3.8) is 0 Å². The molecule has 0 aliphatic rings.